The number of aliphatic hydroxyl groups excluding tert-OH is 1. The zero-order valence-corrected chi connectivity index (χ0v) is 27.0. The second kappa shape index (κ2) is 16.4. The fourth-order valence-corrected chi connectivity index (χ4v) is 6.26. The maximum atomic E-state index is 12.0. The molecule has 8 unspecified atom stereocenters. The summed E-state index contributed by atoms with van der Waals surface area (Å²) in [5.41, 5.74) is -0.914. The van der Waals surface area contributed by atoms with Gasteiger partial charge in [0.1, 0.15) is 24.1 Å². The van der Waals surface area contributed by atoms with E-state index in [1.54, 1.807) is 14.2 Å². The van der Waals surface area contributed by atoms with Crippen molar-refractivity contribution in [2.24, 2.45) is 35.5 Å². The Balaban J connectivity index is 0.000000256. The first-order valence-electron chi connectivity index (χ1n) is 14.8. The van der Waals surface area contributed by atoms with E-state index in [0.717, 1.165) is 19.3 Å². The molecule has 0 aromatic rings. The number of carbonyl (C=O) groups excluding carboxylic acids is 2. The summed E-state index contributed by atoms with van der Waals surface area (Å²) in [6.07, 6.45) is 13.2. The molecule has 4 aliphatic carbocycles. The molecular formula is C32H53ClO8. The van der Waals surface area contributed by atoms with Crippen molar-refractivity contribution in [3.05, 3.63) is 24.3 Å². The van der Waals surface area contributed by atoms with Gasteiger partial charge in [0.25, 0.3) is 0 Å². The highest BCUT2D eigenvalue weighted by Crippen LogP contribution is 2.47. The predicted molar refractivity (Wildman–Crippen MR) is 159 cm³/mol. The average Bonchev–Trinajstić information content (AvgIpc) is 3.67. The Morgan fingerprint density at radius 2 is 1.24 bits per heavy atom. The second-order valence-corrected chi connectivity index (χ2v) is 13.8. The molecule has 0 aromatic carbocycles. The molecule has 9 heteroatoms. The van der Waals surface area contributed by atoms with Crippen LogP contribution in [0.3, 0.4) is 0 Å². The molecule has 236 valence electrons. The van der Waals surface area contributed by atoms with E-state index in [9.17, 15) is 14.7 Å². The van der Waals surface area contributed by atoms with Gasteiger partial charge in [-0.1, -0.05) is 35.9 Å². The lowest BCUT2D eigenvalue weighted by molar-refractivity contribution is -0.163. The Morgan fingerprint density at radius 3 is 1.61 bits per heavy atom. The van der Waals surface area contributed by atoms with Crippen LogP contribution >= 0.6 is 11.6 Å². The minimum Gasteiger partial charge on any atom is -0.460 e. The van der Waals surface area contributed by atoms with Crippen LogP contribution < -0.4 is 0 Å². The number of hydrogen-bond donors (Lipinski definition) is 1. The van der Waals surface area contributed by atoms with Crippen molar-refractivity contribution in [2.45, 2.75) is 103 Å². The minimum absolute atomic E-state index is 0.107. The molecular weight excluding hydrogens is 548 g/mol. The Bertz CT molecular complexity index is 872. The summed E-state index contributed by atoms with van der Waals surface area (Å²) in [5.74, 6) is 2.48. The molecule has 4 aliphatic rings. The molecule has 8 atom stereocenters. The average molecular weight is 601 g/mol. The highest BCUT2D eigenvalue weighted by molar-refractivity contribution is 6.17. The van der Waals surface area contributed by atoms with Crippen LogP contribution in [0.25, 0.3) is 0 Å². The van der Waals surface area contributed by atoms with E-state index in [-0.39, 0.29) is 37.2 Å². The Labute approximate surface area is 252 Å². The van der Waals surface area contributed by atoms with Crippen LogP contribution in [0.5, 0.6) is 0 Å². The van der Waals surface area contributed by atoms with Crippen LogP contribution in [0.2, 0.25) is 0 Å². The van der Waals surface area contributed by atoms with E-state index >= 15 is 0 Å². The number of ether oxygens (including phenoxy) is 5. The van der Waals surface area contributed by atoms with Crippen molar-refractivity contribution in [2.75, 3.05) is 27.1 Å². The van der Waals surface area contributed by atoms with Crippen molar-refractivity contribution in [3.63, 3.8) is 0 Å². The van der Waals surface area contributed by atoms with Gasteiger partial charge in [-0.3, -0.25) is 9.59 Å². The number of esters is 2. The molecule has 1 N–H and O–H groups in total. The zero-order valence-electron chi connectivity index (χ0n) is 26.3. The van der Waals surface area contributed by atoms with Gasteiger partial charge in [-0.05, 0) is 103 Å². The first-order chi connectivity index (χ1) is 19.2. The number of alkyl halides is 1. The van der Waals surface area contributed by atoms with Crippen molar-refractivity contribution < 1.29 is 38.4 Å². The van der Waals surface area contributed by atoms with E-state index in [0.29, 0.717) is 42.1 Å². The lowest BCUT2D eigenvalue weighted by atomic mass is 9.87. The van der Waals surface area contributed by atoms with Gasteiger partial charge in [0, 0.05) is 14.2 Å². The van der Waals surface area contributed by atoms with E-state index < -0.39 is 17.3 Å². The van der Waals surface area contributed by atoms with Crippen molar-refractivity contribution in [3.8, 4) is 0 Å². The number of halogens is 1. The molecule has 2 saturated carbocycles. The Kier molecular flexibility index (Phi) is 14.3. The number of hydrogen-bond acceptors (Lipinski definition) is 8. The monoisotopic (exact) mass is 600 g/mol. The number of methoxy groups -OCH3 is 2. The zero-order chi connectivity index (χ0) is 30.8. The highest BCUT2D eigenvalue weighted by atomic mass is 35.5. The van der Waals surface area contributed by atoms with Gasteiger partial charge >= 0.3 is 11.9 Å². The molecule has 41 heavy (non-hydrogen) atoms. The van der Waals surface area contributed by atoms with Gasteiger partial charge in [-0.2, -0.15) is 0 Å². The second-order valence-electron chi connectivity index (χ2n) is 13.5. The van der Waals surface area contributed by atoms with Crippen molar-refractivity contribution in [1.82, 2.24) is 0 Å². The van der Waals surface area contributed by atoms with Gasteiger partial charge in [-0.25, -0.2) is 0 Å². The molecule has 8 nitrogen and oxygen atoms in total. The summed E-state index contributed by atoms with van der Waals surface area (Å²) in [5, 5.41) is 10.1. The molecule has 2 fully saturated rings. The summed E-state index contributed by atoms with van der Waals surface area (Å²) < 4.78 is 25.7. The number of fused-ring (bicyclic) bond motifs is 4. The Hall–Kier alpha value is -1.45. The smallest absolute Gasteiger partial charge is 0.308 e. The van der Waals surface area contributed by atoms with Crippen molar-refractivity contribution >= 4 is 23.5 Å². The standard InChI is InChI=1S/C16H26O4.C14H22O3.C2H5ClO/c1-16(2,3)20-15(17)9-14(19-10-18-4)13-8-11-5-6-12(13)7-11;1-14(2,3)17-13(16)8-12(15)11-7-9-4-5-10(11)6-9;1-4-2-3/h5-6,11-14H,7-10H2,1-4H3;4-5,9-12,15H,6-8H2,1-3H3;2H2,1H3. The van der Waals surface area contributed by atoms with Gasteiger partial charge < -0.3 is 28.8 Å². The quantitative estimate of drug-likeness (QED) is 0.140. The van der Waals surface area contributed by atoms with E-state index in [1.165, 1.54) is 6.42 Å². The Morgan fingerprint density at radius 1 is 0.780 bits per heavy atom. The topological polar surface area (TPSA) is 101 Å². The maximum absolute atomic E-state index is 12.0. The van der Waals surface area contributed by atoms with Crippen LogP contribution in [0.1, 0.15) is 80.1 Å². The summed E-state index contributed by atoms with van der Waals surface area (Å²) >= 11 is 4.96. The van der Waals surface area contributed by atoms with Crippen molar-refractivity contribution in [1.29, 1.82) is 0 Å². The number of rotatable bonds is 10. The fourth-order valence-electron chi connectivity index (χ4n) is 6.26. The number of carbonyl (C=O) groups is 2. The summed E-state index contributed by atoms with van der Waals surface area (Å²) in [7, 11) is 3.15. The minimum atomic E-state index is -0.551. The maximum Gasteiger partial charge on any atom is 0.308 e. The molecule has 0 aromatic heterocycles. The van der Waals surface area contributed by atoms with Gasteiger partial charge in [0.2, 0.25) is 0 Å². The van der Waals surface area contributed by atoms with Crippen LogP contribution in [-0.4, -0.2) is 67.5 Å². The third-order valence-electron chi connectivity index (χ3n) is 7.73. The van der Waals surface area contributed by atoms with Gasteiger partial charge in [-0.15, -0.1) is 0 Å². The van der Waals surface area contributed by atoms with Crippen LogP contribution in [-0.2, 0) is 33.3 Å². The van der Waals surface area contributed by atoms with E-state index in [2.05, 4.69) is 29.0 Å². The van der Waals surface area contributed by atoms with Crippen LogP contribution in [0, 0.1) is 35.5 Å². The third kappa shape index (κ3) is 12.8. The van der Waals surface area contributed by atoms with Gasteiger partial charge in [0.05, 0.1) is 25.0 Å². The summed E-state index contributed by atoms with van der Waals surface area (Å²) in [4.78, 5) is 23.7. The van der Waals surface area contributed by atoms with Crippen LogP contribution in [0.15, 0.2) is 24.3 Å². The molecule has 0 amide bonds. The molecule has 4 rings (SSSR count). The highest BCUT2D eigenvalue weighted by Gasteiger charge is 2.42. The van der Waals surface area contributed by atoms with Gasteiger partial charge in [0.15, 0.2) is 0 Å². The molecule has 0 spiro atoms. The largest absolute Gasteiger partial charge is 0.460 e. The van der Waals surface area contributed by atoms with E-state index in [4.69, 9.17) is 30.5 Å². The normalized spacial score (nSPS) is 28.8. The molecule has 0 heterocycles. The lowest BCUT2D eigenvalue weighted by Crippen LogP contribution is -2.33. The number of aliphatic hydroxyl groups is 1. The fraction of sp³-hybridized carbons (Fsp3) is 0.812. The van der Waals surface area contributed by atoms with Crippen LogP contribution in [0.4, 0.5) is 0 Å². The molecule has 0 radical (unpaired) electrons. The summed E-state index contributed by atoms with van der Waals surface area (Å²) in [6, 6.07) is 0.292. The lowest BCUT2D eigenvalue weighted by Gasteiger charge is -2.29. The third-order valence-corrected chi connectivity index (χ3v) is 7.94. The first kappa shape index (κ1) is 35.7. The molecule has 0 saturated heterocycles. The SMILES string of the molecule is CC(C)(C)OC(=O)CC(O)C1CC2C=CC1C2.COCCl.COCOC(CC(=O)OC(C)(C)C)C1CC2C=CC1C2. The molecule has 4 bridgehead atoms. The predicted octanol–water partition coefficient (Wildman–Crippen LogP) is 6.04. The van der Waals surface area contributed by atoms with E-state index in [1.807, 2.05) is 41.5 Å². The first-order valence-corrected chi connectivity index (χ1v) is 15.3. The molecule has 0 aliphatic heterocycles. The summed E-state index contributed by atoms with van der Waals surface area (Å²) in [6.45, 7) is 11.4. The number of allylic oxidation sites excluding steroid dienone is 4.